The van der Waals surface area contributed by atoms with Crippen molar-refractivity contribution < 1.29 is 34.0 Å². The number of guanidine groups is 1. The Hall–Kier alpha value is -3.95. The first kappa shape index (κ1) is 36.0. The van der Waals surface area contributed by atoms with Crippen molar-refractivity contribution in [2.45, 2.75) is 85.0 Å². The number of carbonyl (C=O) groups is 6. The largest absolute Gasteiger partial charge is 0.370 e. The summed E-state index contributed by atoms with van der Waals surface area (Å²) in [6.45, 7) is 9.39. The van der Waals surface area contributed by atoms with E-state index in [1.54, 1.807) is 20.8 Å². The third kappa shape index (κ3) is 13.7. The highest BCUT2D eigenvalue weighted by Crippen LogP contribution is 2.10. The summed E-state index contributed by atoms with van der Waals surface area (Å²) in [7, 11) is 0. The summed E-state index contributed by atoms with van der Waals surface area (Å²) in [5.41, 5.74) is 12.1. The molecule has 0 aliphatic heterocycles. The topological polar surface area (TPSA) is 259 Å². The summed E-state index contributed by atoms with van der Waals surface area (Å²) in [4.78, 5) is 78.3. The van der Waals surface area contributed by atoms with Crippen LogP contribution >= 0.6 is 0 Å². The van der Waals surface area contributed by atoms with E-state index in [4.69, 9.17) is 16.7 Å². The fraction of sp³-hybridized carbons (Fsp3) is 0.708. The highest BCUT2D eigenvalue weighted by atomic mass is 16.5. The molecule has 0 aromatic rings. The van der Waals surface area contributed by atoms with Gasteiger partial charge in [-0.3, -0.25) is 39.0 Å². The second-order valence-corrected chi connectivity index (χ2v) is 9.79. The zero-order chi connectivity index (χ0) is 31.0. The van der Waals surface area contributed by atoms with Gasteiger partial charge in [0.2, 0.25) is 29.5 Å². The Morgan fingerprint density at radius 2 is 1.43 bits per heavy atom. The van der Waals surface area contributed by atoms with Crippen molar-refractivity contribution in [1.82, 2.24) is 32.1 Å². The molecule has 0 saturated carbocycles. The summed E-state index contributed by atoms with van der Waals surface area (Å²) in [6, 6.07) is -4.31. The zero-order valence-electron chi connectivity index (χ0n) is 24.0. The summed E-state index contributed by atoms with van der Waals surface area (Å²) >= 11 is 0. The van der Waals surface area contributed by atoms with Crippen LogP contribution < -0.4 is 43.5 Å². The Balaban J connectivity index is 5.83. The lowest BCUT2D eigenvalue weighted by atomic mass is 9.97. The van der Waals surface area contributed by atoms with E-state index in [-0.39, 0.29) is 31.4 Å². The van der Waals surface area contributed by atoms with E-state index in [1.807, 2.05) is 6.92 Å². The Kier molecular flexibility index (Phi) is 16.5. The van der Waals surface area contributed by atoms with Gasteiger partial charge in [0.1, 0.15) is 24.2 Å². The third-order valence-electron chi connectivity index (χ3n) is 6.00. The van der Waals surface area contributed by atoms with Crippen molar-refractivity contribution in [3.63, 3.8) is 0 Å². The maximum atomic E-state index is 13.3. The minimum atomic E-state index is -1.13. The first-order valence-electron chi connectivity index (χ1n) is 13.1. The van der Waals surface area contributed by atoms with Gasteiger partial charge in [-0.05, 0) is 31.6 Å². The molecule has 0 aliphatic carbocycles. The van der Waals surface area contributed by atoms with Gasteiger partial charge in [-0.2, -0.15) is 0 Å². The van der Waals surface area contributed by atoms with Crippen LogP contribution in [0.5, 0.6) is 0 Å². The molecule has 0 rings (SSSR count). The van der Waals surface area contributed by atoms with Crippen molar-refractivity contribution in [1.29, 1.82) is 0 Å². The lowest BCUT2D eigenvalue weighted by molar-refractivity contribution is -0.137. The smallest absolute Gasteiger partial charge is 0.265 e. The second-order valence-electron chi connectivity index (χ2n) is 9.79. The van der Waals surface area contributed by atoms with Crippen LogP contribution in [0.15, 0.2) is 4.99 Å². The average molecular weight is 572 g/mol. The van der Waals surface area contributed by atoms with Crippen molar-refractivity contribution >= 4 is 41.4 Å². The highest BCUT2D eigenvalue weighted by molar-refractivity contribution is 5.95. The van der Waals surface area contributed by atoms with Gasteiger partial charge in [0.25, 0.3) is 5.91 Å². The Morgan fingerprint density at radius 1 is 0.825 bits per heavy atom. The minimum absolute atomic E-state index is 0.0944. The summed E-state index contributed by atoms with van der Waals surface area (Å²) in [6.07, 6.45) is 0.914. The number of rotatable bonds is 17. The molecule has 5 atom stereocenters. The number of nitrogens with two attached hydrogens (primary N) is 2. The quantitative estimate of drug-likeness (QED) is 0.0290. The van der Waals surface area contributed by atoms with E-state index in [2.05, 4.69) is 31.6 Å². The monoisotopic (exact) mass is 571 g/mol. The molecule has 16 heteroatoms. The lowest BCUT2D eigenvalue weighted by Gasteiger charge is -2.28. The average Bonchev–Trinajstić information content (AvgIpc) is 2.88. The predicted octanol–water partition coefficient (Wildman–Crippen LogP) is -2.66. The molecule has 0 saturated heterocycles. The Bertz CT molecular complexity index is 922. The number of hydrogen-bond acceptors (Lipinski definition) is 8. The van der Waals surface area contributed by atoms with Crippen LogP contribution in [0.2, 0.25) is 0 Å². The van der Waals surface area contributed by atoms with Gasteiger partial charge in [0.05, 0.1) is 6.54 Å². The maximum Gasteiger partial charge on any atom is 0.265 e. The van der Waals surface area contributed by atoms with Crippen LogP contribution in [-0.4, -0.2) is 83.9 Å². The molecular weight excluding hydrogens is 526 g/mol. The number of nitrogens with zero attached hydrogens (tertiary/aromatic N) is 1. The van der Waals surface area contributed by atoms with E-state index >= 15 is 0 Å². The first-order valence-corrected chi connectivity index (χ1v) is 13.1. The van der Waals surface area contributed by atoms with Gasteiger partial charge in [-0.25, -0.2) is 5.48 Å². The van der Waals surface area contributed by atoms with Gasteiger partial charge in [0, 0.05) is 13.5 Å². The fourth-order valence-electron chi connectivity index (χ4n) is 3.42. The molecule has 0 heterocycles. The minimum Gasteiger partial charge on any atom is -0.370 e. The van der Waals surface area contributed by atoms with Crippen LogP contribution in [0, 0.1) is 11.8 Å². The van der Waals surface area contributed by atoms with Gasteiger partial charge >= 0.3 is 0 Å². The number of aliphatic imine (C=N–C) groups is 1. The molecule has 0 fully saturated rings. The third-order valence-corrected chi connectivity index (χ3v) is 6.00. The van der Waals surface area contributed by atoms with Gasteiger partial charge in [-0.1, -0.05) is 34.1 Å². The van der Waals surface area contributed by atoms with Crippen LogP contribution in [0.4, 0.5) is 0 Å². The van der Waals surface area contributed by atoms with E-state index in [9.17, 15) is 28.8 Å². The number of carbonyl (C=O) groups excluding carboxylic acids is 6. The summed E-state index contributed by atoms with van der Waals surface area (Å²) in [5.74, 6) is -4.69. The molecule has 16 nitrogen and oxygen atoms in total. The molecule has 0 aromatic heterocycles. The maximum absolute atomic E-state index is 13.3. The van der Waals surface area contributed by atoms with Crippen LogP contribution in [0.25, 0.3) is 0 Å². The molecule has 228 valence electrons. The summed E-state index contributed by atoms with van der Waals surface area (Å²) < 4.78 is 0. The Labute approximate surface area is 234 Å². The molecular formula is C24H45N9O7. The number of hydroxylamine groups is 1. The van der Waals surface area contributed by atoms with Crippen molar-refractivity contribution in [3.8, 4) is 0 Å². The molecule has 0 unspecified atom stereocenters. The lowest BCUT2D eigenvalue weighted by Crippen LogP contribution is -2.60. The first-order chi connectivity index (χ1) is 18.6. The van der Waals surface area contributed by atoms with Crippen LogP contribution in [0.1, 0.15) is 60.8 Å². The van der Waals surface area contributed by atoms with Crippen LogP contribution in [-0.2, 0) is 28.8 Å². The van der Waals surface area contributed by atoms with E-state index < -0.39 is 65.5 Å². The molecule has 0 aromatic carbocycles. The van der Waals surface area contributed by atoms with Crippen LogP contribution in [0.3, 0.4) is 0 Å². The van der Waals surface area contributed by atoms with Crippen molar-refractivity contribution in [2.24, 2.45) is 28.3 Å². The molecule has 11 N–H and O–H groups in total. The molecule has 0 aliphatic rings. The molecule has 0 bridgehead atoms. The molecule has 40 heavy (non-hydrogen) atoms. The van der Waals surface area contributed by atoms with Crippen molar-refractivity contribution in [3.05, 3.63) is 0 Å². The molecule has 6 amide bonds. The number of amides is 6. The van der Waals surface area contributed by atoms with Crippen molar-refractivity contribution in [2.75, 3.05) is 13.1 Å². The highest BCUT2D eigenvalue weighted by Gasteiger charge is 2.33. The fourth-order valence-corrected chi connectivity index (χ4v) is 3.42. The van der Waals surface area contributed by atoms with E-state index in [1.165, 1.54) is 19.3 Å². The number of nitrogens with one attached hydrogen (secondary N) is 6. The predicted molar refractivity (Wildman–Crippen MR) is 146 cm³/mol. The second kappa shape index (κ2) is 18.4. The normalized spacial score (nSPS) is 14.4. The Morgan fingerprint density at radius 3 is 1.93 bits per heavy atom. The van der Waals surface area contributed by atoms with Gasteiger partial charge < -0.3 is 38.1 Å². The molecule has 0 radical (unpaired) electrons. The SMILES string of the molecule is CC[C@H](C)[C@H](NC(=O)CNC(C)=O)C(=O)N[C@@H](CCCN=C(N)N)C(=O)N[C@H](C(=O)N[C@@H](C)C(=O)NO)C(C)C. The van der Waals surface area contributed by atoms with Gasteiger partial charge in [-0.15, -0.1) is 0 Å². The number of hydrogen-bond donors (Lipinski definition) is 9. The van der Waals surface area contributed by atoms with E-state index in [0.717, 1.165) is 0 Å². The zero-order valence-corrected chi connectivity index (χ0v) is 24.0. The van der Waals surface area contributed by atoms with E-state index in [0.29, 0.717) is 12.8 Å². The standard InChI is InChI=1S/C24H45N9O7/c1-7-13(4)19(31-17(35)11-28-15(6)34)23(39)30-16(9-8-10-27-24(25)26)21(37)32-18(12(2)3)22(38)29-14(5)20(36)33-40/h12-14,16,18-19,40H,7-11H2,1-6H3,(H,28,34)(H,29,38)(H,30,39)(H,31,35)(H,32,37)(H,33,36)(H4,25,26,27)/t13-,14-,16-,18-,19-/m0/s1. The summed E-state index contributed by atoms with van der Waals surface area (Å²) in [5, 5.41) is 21.4. The van der Waals surface area contributed by atoms with Gasteiger partial charge in [0.15, 0.2) is 5.96 Å². The molecule has 0 spiro atoms.